The maximum Gasteiger partial charge on any atom is 0.213 e. The fraction of sp³-hybridized carbons (Fsp3) is 1.00. The van der Waals surface area contributed by atoms with E-state index in [1.807, 2.05) is 0 Å². The highest BCUT2D eigenvalue weighted by molar-refractivity contribution is 7.89. The van der Waals surface area contributed by atoms with Crippen molar-refractivity contribution in [2.45, 2.75) is 32.7 Å². The van der Waals surface area contributed by atoms with Gasteiger partial charge in [0.25, 0.3) is 0 Å². The lowest BCUT2D eigenvalue weighted by Crippen LogP contribution is -2.30. The van der Waals surface area contributed by atoms with E-state index in [1.54, 1.807) is 0 Å². The zero-order valence-corrected chi connectivity index (χ0v) is 11.3. The molecule has 0 aliphatic carbocycles. The van der Waals surface area contributed by atoms with E-state index in [1.165, 1.54) is 0 Å². The Kier molecular flexibility index (Phi) is 7.91. The molecule has 0 saturated carbocycles. The molecule has 0 rings (SSSR count). The van der Waals surface area contributed by atoms with Crippen LogP contribution in [0, 0.1) is 0 Å². The zero-order valence-electron chi connectivity index (χ0n) is 10.4. The van der Waals surface area contributed by atoms with Gasteiger partial charge in [0.2, 0.25) is 10.0 Å². The summed E-state index contributed by atoms with van der Waals surface area (Å²) in [5, 5.41) is 8.51. The van der Waals surface area contributed by atoms with Crippen LogP contribution in [-0.2, 0) is 10.0 Å². The Morgan fingerprint density at radius 2 is 1.94 bits per heavy atom. The van der Waals surface area contributed by atoms with E-state index >= 15 is 0 Å². The molecule has 0 aliphatic rings. The molecule has 0 saturated heterocycles. The van der Waals surface area contributed by atoms with Crippen molar-refractivity contribution in [2.75, 3.05) is 32.5 Å². The smallest absolute Gasteiger partial charge is 0.213 e. The molecule has 0 atom stereocenters. The standard InChI is InChI=1S/C10H24N2O3S/c1-10(2)12(3)7-5-4-6-11-16(14,15)9-8-13/h10-11,13H,4-9H2,1-3H3. The third-order valence-electron chi connectivity index (χ3n) is 2.50. The first-order valence-electron chi connectivity index (χ1n) is 5.67. The number of unbranched alkanes of at least 4 members (excludes halogenated alkanes) is 1. The summed E-state index contributed by atoms with van der Waals surface area (Å²) in [6.07, 6.45) is 1.79. The summed E-state index contributed by atoms with van der Waals surface area (Å²) in [6.45, 7) is 5.35. The SMILES string of the molecule is CC(C)N(C)CCCCNS(=O)(=O)CCO. The zero-order chi connectivity index (χ0) is 12.6. The van der Waals surface area contributed by atoms with Gasteiger partial charge in [-0.1, -0.05) is 0 Å². The quantitative estimate of drug-likeness (QED) is 0.568. The number of rotatable bonds is 9. The Bertz CT molecular complexity index is 265. The minimum Gasteiger partial charge on any atom is -0.395 e. The Hall–Kier alpha value is -0.170. The summed E-state index contributed by atoms with van der Waals surface area (Å²) in [5.74, 6) is -0.209. The third-order valence-corrected chi connectivity index (χ3v) is 3.87. The van der Waals surface area contributed by atoms with Gasteiger partial charge in [0.1, 0.15) is 0 Å². The largest absolute Gasteiger partial charge is 0.395 e. The molecular weight excluding hydrogens is 228 g/mol. The Labute approximate surface area is 98.9 Å². The summed E-state index contributed by atoms with van der Waals surface area (Å²) in [6, 6.07) is 0.520. The first kappa shape index (κ1) is 15.8. The summed E-state index contributed by atoms with van der Waals surface area (Å²) < 4.78 is 24.8. The van der Waals surface area contributed by atoms with Gasteiger partial charge in [0, 0.05) is 12.6 Å². The van der Waals surface area contributed by atoms with Crippen molar-refractivity contribution < 1.29 is 13.5 Å². The number of sulfonamides is 1. The molecule has 0 unspecified atom stereocenters. The molecule has 0 aromatic heterocycles. The molecule has 0 radical (unpaired) electrons. The lowest BCUT2D eigenvalue weighted by molar-refractivity contribution is 0.268. The van der Waals surface area contributed by atoms with Crippen molar-refractivity contribution in [3.8, 4) is 0 Å². The van der Waals surface area contributed by atoms with Crippen LogP contribution in [-0.4, -0.2) is 57.0 Å². The molecule has 0 heterocycles. The number of aliphatic hydroxyl groups is 1. The minimum absolute atomic E-state index is 0.209. The predicted molar refractivity (Wildman–Crippen MR) is 65.9 cm³/mol. The van der Waals surface area contributed by atoms with Crippen molar-refractivity contribution in [3.05, 3.63) is 0 Å². The molecule has 2 N–H and O–H groups in total. The van der Waals surface area contributed by atoms with Crippen LogP contribution in [0.3, 0.4) is 0 Å². The first-order chi connectivity index (χ1) is 7.39. The van der Waals surface area contributed by atoms with Crippen molar-refractivity contribution in [3.63, 3.8) is 0 Å². The Morgan fingerprint density at radius 3 is 2.44 bits per heavy atom. The van der Waals surface area contributed by atoms with Gasteiger partial charge in [-0.2, -0.15) is 0 Å². The Balaban J connectivity index is 3.54. The molecule has 6 heteroatoms. The van der Waals surface area contributed by atoms with Crippen LogP contribution >= 0.6 is 0 Å². The monoisotopic (exact) mass is 252 g/mol. The molecule has 0 spiro atoms. The van der Waals surface area contributed by atoms with Crippen LogP contribution in [0.4, 0.5) is 0 Å². The van der Waals surface area contributed by atoms with Gasteiger partial charge in [0.05, 0.1) is 12.4 Å². The molecule has 0 fully saturated rings. The summed E-state index contributed by atoms with van der Waals surface area (Å²) in [7, 11) is -1.21. The molecule has 0 bridgehead atoms. The van der Waals surface area contributed by atoms with Crippen LogP contribution in [0.1, 0.15) is 26.7 Å². The van der Waals surface area contributed by atoms with E-state index in [0.717, 1.165) is 19.4 Å². The van der Waals surface area contributed by atoms with E-state index in [4.69, 9.17) is 5.11 Å². The Morgan fingerprint density at radius 1 is 1.31 bits per heavy atom. The molecular formula is C10H24N2O3S. The van der Waals surface area contributed by atoms with E-state index < -0.39 is 10.0 Å². The molecule has 16 heavy (non-hydrogen) atoms. The highest BCUT2D eigenvalue weighted by Crippen LogP contribution is 1.97. The van der Waals surface area contributed by atoms with Crippen molar-refractivity contribution in [1.82, 2.24) is 9.62 Å². The predicted octanol–water partition coefficient (Wildman–Crippen LogP) is 0.0185. The summed E-state index contributed by atoms with van der Waals surface area (Å²) in [5.41, 5.74) is 0. The van der Waals surface area contributed by atoms with Crippen LogP contribution in [0.5, 0.6) is 0 Å². The van der Waals surface area contributed by atoms with Crippen LogP contribution < -0.4 is 4.72 Å². The first-order valence-corrected chi connectivity index (χ1v) is 7.32. The van der Waals surface area contributed by atoms with Gasteiger partial charge < -0.3 is 10.0 Å². The van der Waals surface area contributed by atoms with Crippen LogP contribution in [0.2, 0.25) is 0 Å². The van der Waals surface area contributed by atoms with Gasteiger partial charge >= 0.3 is 0 Å². The number of aliphatic hydroxyl groups excluding tert-OH is 1. The van der Waals surface area contributed by atoms with Gasteiger partial charge in [-0.25, -0.2) is 13.1 Å². The molecule has 0 aromatic rings. The van der Waals surface area contributed by atoms with Gasteiger partial charge in [-0.05, 0) is 40.3 Å². The van der Waals surface area contributed by atoms with E-state index in [9.17, 15) is 8.42 Å². The van der Waals surface area contributed by atoms with E-state index in [2.05, 4.69) is 30.5 Å². The lowest BCUT2D eigenvalue weighted by atomic mass is 10.2. The number of hydrogen-bond acceptors (Lipinski definition) is 4. The number of nitrogens with one attached hydrogen (secondary N) is 1. The summed E-state index contributed by atoms with van der Waals surface area (Å²) in [4.78, 5) is 2.22. The highest BCUT2D eigenvalue weighted by Gasteiger charge is 2.08. The second-order valence-corrected chi connectivity index (χ2v) is 6.14. The van der Waals surface area contributed by atoms with E-state index in [-0.39, 0.29) is 12.4 Å². The maximum atomic E-state index is 11.2. The fourth-order valence-electron chi connectivity index (χ4n) is 1.16. The molecule has 0 amide bonds. The van der Waals surface area contributed by atoms with Gasteiger partial charge in [-0.3, -0.25) is 0 Å². The lowest BCUT2D eigenvalue weighted by Gasteiger charge is -2.20. The van der Waals surface area contributed by atoms with E-state index in [0.29, 0.717) is 12.6 Å². The van der Waals surface area contributed by atoms with Crippen molar-refractivity contribution >= 4 is 10.0 Å². The van der Waals surface area contributed by atoms with Gasteiger partial charge in [-0.15, -0.1) is 0 Å². The second kappa shape index (κ2) is 8.00. The molecule has 5 nitrogen and oxygen atoms in total. The minimum atomic E-state index is -3.26. The number of nitrogens with zero attached hydrogens (tertiary/aromatic N) is 1. The van der Waals surface area contributed by atoms with Gasteiger partial charge in [0.15, 0.2) is 0 Å². The number of hydrogen-bond donors (Lipinski definition) is 2. The maximum absolute atomic E-state index is 11.2. The van der Waals surface area contributed by atoms with Crippen LogP contribution in [0.25, 0.3) is 0 Å². The fourth-order valence-corrected chi connectivity index (χ4v) is 2.00. The molecule has 98 valence electrons. The second-order valence-electron chi connectivity index (χ2n) is 4.22. The third kappa shape index (κ3) is 8.04. The summed E-state index contributed by atoms with van der Waals surface area (Å²) >= 11 is 0. The van der Waals surface area contributed by atoms with Crippen molar-refractivity contribution in [1.29, 1.82) is 0 Å². The average Bonchev–Trinajstić information content (AvgIpc) is 2.16. The van der Waals surface area contributed by atoms with Crippen LogP contribution in [0.15, 0.2) is 0 Å². The normalized spacial score (nSPS) is 12.6. The van der Waals surface area contributed by atoms with Crippen molar-refractivity contribution in [2.24, 2.45) is 0 Å². The topological polar surface area (TPSA) is 69.6 Å². The highest BCUT2D eigenvalue weighted by atomic mass is 32.2. The molecule has 0 aromatic carbocycles. The average molecular weight is 252 g/mol. The molecule has 0 aliphatic heterocycles.